The van der Waals surface area contributed by atoms with Crippen molar-refractivity contribution >= 4 is 34.7 Å². The third kappa shape index (κ3) is 5.07. The van der Waals surface area contributed by atoms with Crippen LogP contribution in [0.25, 0.3) is 0 Å². The van der Waals surface area contributed by atoms with Gasteiger partial charge in [0, 0.05) is 22.0 Å². The third-order valence-corrected chi connectivity index (χ3v) is 8.34. The Hall–Kier alpha value is -4.30. The van der Waals surface area contributed by atoms with Crippen LogP contribution in [0.15, 0.2) is 90.3 Å². The number of aryl methyl sites for hydroxylation is 2. The summed E-state index contributed by atoms with van der Waals surface area (Å²) < 4.78 is 14.0. The van der Waals surface area contributed by atoms with Crippen molar-refractivity contribution < 1.29 is 18.8 Å². The minimum absolute atomic E-state index is 0.216. The molecule has 8 heteroatoms. The molecule has 0 aliphatic carbocycles. The Balaban J connectivity index is 1.73. The summed E-state index contributed by atoms with van der Waals surface area (Å²) >= 11 is 1.42. The number of anilines is 1. The first kappa shape index (κ1) is 26.3. The molecule has 1 fully saturated rings. The van der Waals surface area contributed by atoms with Gasteiger partial charge in [0.05, 0.1) is 12.0 Å². The molecule has 4 unspecified atom stereocenters. The molecule has 1 aliphatic rings. The zero-order valence-corrected chi connectivity index (χ0v) is 22.3. The minimum Gasteiger partial charge on any atom is -0.368 e. The van der Waals surface area contributed by atoms with E-state index in [2.05, 4.69) is 5.32 Å². The summed E-state index contributed by atoms with van der Waals surface area (Å²) in [6.07, 6.45) is 0. The number of amides is 3. The van der Waals surface area contributed by atoms with E-state index in [0.717, 1.165) is 16.0 Å². The lowest BCUT2D eigenvalue weighted by atomic mass is 9.76. The van der Waals surface area contributed by atoms with Crippen molar-refractivity contribution in [2.75, 3.05) is 5.32 Å². The fraction of sp³-hybridized carbons (Fsp3) is 0.194. The van der Waals surface area contributed by atoms with E-state index in [9.17, 15) is 18.8 Å². The molecular formula is C31H28FN3O3S. The smallest absolute Gasteiger partial charge is 0.323 e. The van der Waals surface area contributed by atoms with Crippen LogP contribution in [0, 0.1) is 25.6 Å². The predicted octanol–water partition coefficient (Wildman–Crippen LogP) is 6.23. The Bertz CT molecular complexity index is 1520. The number of Topliss-reactive ketones (excluding diaryl/α,β-unsaturated/α-hetero) is 1. The van der Waals surface area contributed by atoms with Crippen LogP contribution >= 0.6 is 11.3 Å². The summed E-state index contributed by atoms with van der Waals surface area (Å²) in [4.78, 5) is 43.8. The topological polar surface area (TPSA) is 92.5 Å². The molecule has 4 aromatic rings. The average Bonchev–Trinajstić information content (AvgIpc) is 3.50. The Morgan fingerprint density at radius 2 is 1.64 bits per heavy atom. The van der Waals surface area contributed by atoms with E-state index in [1.54, 1.807) is 54.6 Å². The van der Waals surface area contributed by atoms with Crippen molar-refractivity contribution in [1.29, 1.82) is 0 Å². The maximum atomic E-state index is 14.4. The average molecular weight is 542 g/mol. The lowest BCUT2D eigenvalue weighted by Gasteiger charge is -2.30. The second-order valence-electron chi connectivity index (χ2n) is 9.80. The predicted molar refractivity (Wildman–Crippen MR) is 150 cm³/mol. The highest BCUT2D eigenvalue weighted by atomic mass is 32.1. The van der Waals surface area contributed by atoms with Crippen LogP contribution in [-0.4, -0.2) is 28.7 Å². The van der Waals surface area contributed by atoms with Crippen LogP contribution in [0.1, 0.15) is 43.9 Å². The van der Waals surface area contributed by atoms with Gasteiger partial charge in [-0.1, -0.05) is 54.1 Å². The number of hydrogen-bond donors (Lipinski definition) is 2. The van der Waals surface area contributed by atoms with Crippen LogP contribution in [0.2, 0.25) is 0 Å². The molecule has 1 aromatic heterocycles. The van der Waals surface area contributed by atoms with E-state index >= 15 is 0 Å². The second kappa shape index (κ2) is 10.8. The summed E-state index contributed by atoms with van der Waals surface area (Å²) in [5.74, 6) is -3.06. The molecule has 1 aliphatic heterocycles. The van der Waals surface area contributed by atoms with Crippen LogP contribution in [0.4, 0.5) is 14.9 Å². The number of carbonyl (C=O) groups excluding carboxylic acids is 3. The highest BCUT2D eigenvalue weighted by Gasteiger charge is 2.57. The molecule has 0 radical (unpaired) electrons. The number of benzene rings is 3. The maximum Gasteiger partial charge on any atom is 0.323 e. The van der Waals surface area contributed by atoms with Crippen LogP contribution in [-0.2, 0) is 4.79 Å². The number of rotatable bonds is 6. The third-order valence-electron chi connectivity index (χ3n) is 7.25. The van der Waals surface area contributed by atoms with Gasteiger partial charge in [0.25, 0.3) is 0 Å². The van der Waals surface area contributed by atoms with Gasteiger partial charge in [0.15, 0.2) is 5.78 Å². The first-order valence-electron chi connectivity index (χ1n) is 12.6. The van der Waals surface area contributed by atoms with Crippen molar-refractivity contribution in [3.05, 3.63) is 123 Å². The Morgan fingerprint density at radius 1 is 0.923 bits per heavy atom. The summed E-state index contributed by atoms with van der Waals surface area (Å²) in [5, 5.41) is 4.78. The van der Waals surface area contributed by atoms with Crippen molar-refractivity contribution in [3.8, 4) is 0 Å². The molecule has 6 nitrogen and oxygen atoms in total. The molecule has 0 saturated carbocycles. The molecular weight excluding hydrogens is 513 g/mol. The Labute approximate surface area is 230 Å². The van der Waals surface area contributed by atoms with Crippen molar-refractivity contribution in [2.45, 2.75) is 31.8 Å². The standard InChI is InChI=1S/C31H28FN3O3S/c1-18-7-6-8-21(17-18)28(36)25-24(20-11-13-22(32)14-12-20)27(30(33)37)35(26(25)29-19(2)15-16-39-29)31(38)34-23-9-4-3-5-10-23/h3-17,24-27H,1-2H3,(H2,33,37)(H,34,38). The number of hydrogen-bond acceptors (Lipinski definition) is 4. The zero-order valence-electron chi connectivity index (χ0n) is 21.5. The monoisotopic (exact) mass is 541 g/mol. The summed E-state index contributed by atoms with van der Waals surface area (Å²) in [6, 6.07) is 21.3. The molecule has 3 N–H and O–H groups in total. The first-order valence-corrected chi connectivity index (χ1v) is 13.5. The SMILES string of the molecule is Cc1cccc(C(=O)C2C(c3ccc(F)cc3)C(C(N)=O)N(C(=O)Nc3ccccc3)C2c2sccc2C)c1. The molecule has 1 saturated heterocycles. The second-order valence-corrected chi connectivity index (χ2v) is 10.7. The fourth-order valence-corrected chi connectivity index (χ4v) is 6.61. The molecule has 3 aromatic carbocycles. The maximum absolute atomic E-state index is 14.4. The largest absolute Gasteiger partial charge is 0.368 e. The normalized spacial score (nSPS) is 20.5. The number of ketones is 1. The molecule has 0 spiro atoms. The lowest BCUT2D eigenvalue weighted by Crippen LogP contribution is -2.48. The number of nitrogens with one attached hydrogen (secondary N) is 1. The number of primary amides is 1. The zero-order chi connectivity index (χ0) is 27.7. The van der Waals surface area contributed by atoms with Gasteiger partial charge in [-0.15, -0.1) is 11.3 Å². The van der Waals surface area contributed by atoms with E-state index in [4.69, 9.17) is 5.73 Å². The number of likely N-dealkylation sites (tertiary alicyclic amines) is 1. The van der Waals surface area contributed by atoms with E-state index in [1.165, 1.54) is 28.4 Å². The van der Waals surface area contributed by atoms with Gasteiger partial charge in [-0.3, -0.25) is 9.59 Å². The summed E-state index contributed by atoms with van der Waals surface area (Å²) in [7, 11) is 0. The first-order chi connectivity index (χ1) is 18.8. The molecule has 2 heterocycles. The Kier molecular flexibility index (Phi) is 7.30. The number of nitrogens with zero attached hydrogens (tertiary/aromatic N) is 1. The molecule has 198 valence electrons. The van der Waals surface area contributed by atoms with E-state index in [1.807, 2.05) is 37.4 Å². The number of thiophene rings is 1. The molecule has 3 amide bonds. The van der Waals surface area contributed by atoms with Gasteiger partial charge < -0.3 is 16.0 Å². The number of halogens is 1. The van der Waals surface area contributed by atoms with Crippen LogP contribution in [0.5, 0.6) is 0 Å². The van der Waals surface area contributed by atoms with Crippen molar-refractivity contribution in [3.63, 3.8) is 0 Å². The van der Waals surface area contributed by atoms with Crippen LogP contribution < -0.4 is 11.1 Å². The number of carbonyl (C=O) groups is 3. The lowest BCUT2D eigenvalue weighted by molar-refractivity contribution is -0.122. The van der Waals surface area contributed by atoms with E-state index < -0.39 is 41.7 Å². The van der Waals surface area contributed by atoms with Gasteiger partial charge in [-0.05, 0) is 66.8 Å². The highest BCUT2D eigenvalue weighted by Crippen LogP contribution is 2.53. The quantitative estimate of drug-likeness (QED) is 0.284. The van der Waals surface area contributed by atoms with Gasteiger partial charge in [-0.25, -0.2) is 9.18 Å². The van der Waals surface area contributed by atoms with E-state index in [-0.39, 0.29) is 5.78 Å². The number of nitrogens with two attached hydrogens (primary N) is 1. The number of para-hydroxylation sites is 1. The minimum atomic E-state index is -1.16. The summed E-state index contributed by atoms with van der Waals surface area (Å²) in [6.45, 7) is 3.81. The Morgan fingerprint density at radius 3 is 2.26 bits per heavy atom. The van der Waals surface area contributed by atoms with Crippen molar-refractivity contribution in [2.24, 2.45) is 11.7 Å². The van der Waals surface area contributed by atoms with E-state index in [0.29, 0.717) is 16.8 Å². The number of urea groups is 1. The van der Waals surface area contributed by atoms with Gasteiger partial charge in [-0.2, -0.15) is 0 Å². The molecule has 39 heavy (non-hydrogen) atoms. The fourth-order valence-electron chi connectivity index (χ4n) is 5.54. The highest BCUT2D eigenvalue weighted by molar-refractivity contribution is 7.10. The van der Waals surface area contributed by atoms with Gasteiger partial charge in [0.1, 0.15) is 11.9 Å². The molecule has 4 atom stereocenters. The summed E-state index contributed by atoms with van der Waals surface area (Å²) in [5.41, 5.74) is 9.39. The molecule has 0 bridgehead atoms. The molecule has 5 rings (SSSR count). The van der Waals surface area contributed by atoms with Crippen molar-refractivity contribution in [1.82, 2.24) is 4.90 Å². The van der Waals surface area contributed by atoms with Crippen LogP contribution in [0.3, 0.4) is 0 Å². The van der Waals surface area contributed by atoms with Gasteiger partial charge >= 0.3 is 6.03 Å². The van der Waals surface area contributed by atoms with Gasteiger partial charge in [0.2, 0.25) is 5.91 Å².